The van der Waals surface area contributed by atoms with E-state index in [1.54, 1.807) is 23.2 Å². The number of nitrogens with two attached hydrogens (primary N) is 1. The monoisotopic (exact) mass is 252 g/mol. The predicted octanol–water partition coefficient (Wildman–Crippen LogP) is 0.945. The summed E-state index contributed by atoms with van der Waals surface area (Å²) in [5.74, 6) is 7.37. The Morgan fingerprint density at radius 2 is 2.47 bits per heavy atom. The van der Waals surface area contributed by atoms with Gasteiger partial charge in [-0.25, -0.2) is 4.98 Å². The minimum absolute atomic E-state index is 0.0268. The molecule has 1 atom stereocenters. The lowest BCUT2D eigenvalue weighted by molar-refractivity contribution is 0.0742. The lowest BCUT2D eigenvalue weighted by Crippen LogP contribution is -2.37. The maximum Gasteiger partial charge on any atom is 0.272 e. The molecule has 0 saturated carbocycles. The summed E-state index contributed by atoms with van der Waals surface area (Å²) in [7, 11) is 1.84. The molecule has 3 N–H and O–H groups in total. The van der Waals surface area contributed by atoms with E-state index in [-0.39, 0.29) is 5.91 Å². The number of hydrazine groups is 1. The molecule has 1 aliphatic rings. The highest BCUT2D eigenvalue weighted by Gasteiger charge is 2.25. The number of rotatable bonds is 3. The van der Waals surface area contributed by atoms with E-state index in [9.17, 15) is 4.79 Å². The van der Waals surface area contributed by atoms with Gasteiger partial charge in [-0.05, 0) is 24.3 Å². The average molecular weight is 252 g/mol. The molecular weight excluding hydrogens is 236 g/mol. The fourth-order valence-electron chi connectivity index (χ4n) is 1.78. The number of nitrogen functional groups attached to an aromatic ring is 1. The van der Waals surface area contributed by atoms with Crippen LogP contribution in [0.4, 0.5) is 5.69 Å². The third-order valence-corrected chi connectivity index (χ3v) is 4.07. The van der Waals surface area contributed by atoms with Crippen molar-refractivity contribution in [2.45, 2.75) is 12.5 Å². The van der Waals surface area contributed by atoms with Crippen LogP contribution in [-0.4, -0.2) is 40.4 Å². The molecule has 5 nitrogen and oxygen atoms in total. The zero-order valence-corrected chi connectivity index (χ0v) is 10.5. The third kappa shape index (κ3) is 2.70. The van der Waals surface area contributed by atoms with Crippen LogP contribution in [0.1, 0.15) is 16.9 Å². The maximum absolute atomic E-state index is 12.1. The van der Waals surface area contributed by atoms with Crippen molar-refractivity contribution >= 4 is 23.4 Å². The number of hydrogen-bond donors (Lipinski definition) is 2. The van der Waals surface area contributed by atoms with E-state index in [1.165, 1.54) is 0 Å². The number of amides is 1. The summed E-state index contributed by atoms with van der Waals surface area (Å²) < 4.78 is 0. The molecular formula is C11H16N4OS. The molecule has 2 rings (SSSR count). The standard InChI is InChI=1S/C11H16N4OS/c1-15(9-4-5-17-7-9)11(16)10-3-2-8(14-12)6-13-10/h2-3,6,9,14H,4-5,7,12H2,1H3. The number of pyridine rings is 1. The van der Waals surface area contributed by atoms with Crippen LogP contribution in [-0.2, 0) is 0 Å². The molecule has 1 unspecified atom stereocenters. The molecule has 1 aromatic heterocycles. The number of carbonyl (C=O) groups is 1. The fourth-order valence-corrected chi connectivity index (χ4v) is 3.05. The van der Waals surface area contributed by atoms with Gasteiger partial charge < -0.3 is 10.3 Å². The minimum atomic E-state index is -0.0268. The molecule has 2 heterocycles. The summed E-state index contributed by atoms with van der Waals surface area (Å²) in [6, 6.07) is 3.77. The number of carbonyl (C=O) groups excluding carboxylic acids is 1. The molecule has 6 heteroatoms. The van der Waals surface area contributed by atoms with Gasteiger partial charge in [0.15, 0.2) is 0 Å². The van der Waals surface area contributed by atoms with Crippen LogP contribution < -0.4 is 11.3 Å². The van der Waals surface area contributed by atoms with Crippen LogP contribution >= 0.6 is 11.8 Å². The molecule has 1 aromatic rings. The van der Waals surface area contributed by atoms with Crippen LogP contribution in [0.3, 0.4) is 0 Å². The van der Waals surface area contributed by atoms with Crippen molar-refractivity contribution in [2.24, 2.45) is 5.84 Å². The van der Waals surface area contributed by atoms with Crippen molar-refractivity contribution < 1.29 is 4.79 Å². The Kier molecular flexibility index (Phi) is 3.86. The zero-order chi connectivity index (χ0) is 12.3. The van der Waals surface area contributed by atoms with Crippen LogP contribution in [0, 0.1) is 0 Å². The molecule has 1 aliphatic heterocycles. The van der Waals surface area contributed by atoms with Crippen LogP contribution in [0.2, 0.25) is 0 Å². The molecule has 1 amide bonds. The first kappa shape index (κ1) is 12.2. The Labute approximate surface area is 105 Å². The summed E-state index contributed by atoms with van der Waals surface area (Å²) in [4.78, 5) is 18.0. The second-order valence-corrected chi connectivity index (χ2v) is 5.16. The highest BCUT2D eigenvalue weighted by molar-refractivity contribution is 7.99. The smallest absolute Gasteiger partial charge is 0.272 e. The van der Waals surface area contributed by atoms with Crippen LogP contribution in [0.15, 0.2) is 18.3 Å². The lowest BCUT2D eigenvalue weighted by Gasteiger charge is -2.23. The minimum Gasteiger partial charge on any atom is -0.337 e. The molecule has 1 saturated heterocycles. The van der Waals surface area contributed by atoms with Gasteiger partial charge in [0.2, 0.25) is 0 Å². The number of nitrogens with one attached hydrogen (secondary N) is 1. The summed E-state index contributed by atoms with van der Waals surface area (Å²) in [5.41, 5.74) is 3.64. The number of thioether (sulfide) groups is 1. The Balaban J connectivity index is 2.07. The highest BCUT2D eigenvalue weighted by Crippen LogP contribution is 2.22. The Bertz CT molecular complexity index is 389. The Morgan fingerprint density at radius 3 is 3.00 bits per heavy atom. The predicted molar refractivity (Wildman–Crippen MR) is 69.9 cm³/mol. The topological polar surface area (TPSA) is 71.2 Å². The van der Waals surface area contributed by atoms with E-state index in [4.69, 9.17) is 5.84 Å². The van der Waals surface area contributed by atoms with Gasteiger partial charge in [-0.1, -0.05) is 0 Å². The van der Waals surface area contributed by atoms with E-state index < -0.39 is 0 Å². The Hall–Kier alpha value is -1.27. The molecule has 0 radical (unpaired) electrons. The van der Waals surface area contributed by atoms with Gasteiger partial charge in [0.05, 0.1) is 11.9 Å². The first-order valence-electron chi connectivity index (χ1n) is 5.50. The molecule has 0 bridgehead atoms. The van der Waals surface area contributed by atoms with Crippen molar-refractivity contribution in [1.29, 1.82) is 0 Å². The number of aromatic nitrogens is 1. The zero-order valence-electron chi connectivity index (χ0n) is 9.72. The van der Waals surface area contributed by atoms with E-state index in [1.807, 2.05) is 18.8 Å². The average Bonchev–Trinajstić information content (AvgIpc) is 2.91. The molecule has 0 spiro atoms. The maximum atomic E-state index is 12.1. The number of hydrogen-bond acceptors (Lipinski definition) is 5. The second-order valence-electron chi connectivity index (χ2n) is 4.01. The first-order valence-corrected chi connectivity index (χ1v) is 6.65. The van der Waals surface area contributed by atoms with E-state index in [0.29, 0.717) is 17.4 Å². The van der Waals surface area contributed by atoms with Crippen LogP contribution in [0.5, 0.6) is 0 Å². The molecule has 1 fully saturated rings. The van der Waals surface area contributed by atoms with Crippen LogP contribution in [0.25, 0.3) is 0 Å². The highest BCUT2D eigenvalue weighted by atomic mass is 32.2. The van der Waals surface area contributed by atoms with Gasteiger partial charge >= 0.3 is 0 Å². The van der Waals surface area contributed by atoms with Gasteiger partial charge in [-0.15, -0.1) is 0 Å². The first-order chi connectivity index (χ1) is 8.22. The summed E-state index contributed by atoms with van der Waals surface area (Å²) in [5, 5.41) is 0. The van der Waals surface area contributed by atoms with Gasteiger partial charge in [-0.2, -0.15) is 11.8 Å². The van der Waals surface area contributed by atoms with E-state index >= 15 is 0 Å². The van der Waals surface area contributed by atoms with Crippen molar-refractivity contribution in [3.8, 4) is 0 Å². The SMILES string of the molecule is CN(C(=O)c1ccc(NN)cn1)C1CCSC1. The quantitative estimate of drug-likeness (QED) is 0.619. The number of anilines is 1. The molecule has 0 aromatic carbocycles. The van der Waals surface area contributed by atoms with Gasteiger partial charge in [0, 0.05) is 18.8 Å². The fraction of sp³-hybridized carbons (Fsp3) is 0.455. The second kappa shape index (κ2) is 5.37. The summed E-state index contributed by atoms with van der Waals surface area (Å²) in [6.07, 6.45) is 2.62. The molecule has 92 valence electrons. The molecule has 17 heavy (non-hydrogen) atoms. The number of nitrogens with zero attached hydrogens (tertiary/aromatic N) is 2. The normalized spacial score (nSPS) is 19.1. The van der Waals surface area contributed by atoms with Gasteiger partial charge in [0.25, 0.3) is 5.91 Å². The van der Waals surface area contributed by atoms with Crippen molar-refractivity contribution in [2.75, 3.05) is 24.0 Å². The third-order valence-electron chi connectivity index (χ3n) is 2.92. The van der Waals surface area contributed by atoms with E-state index in [0.717, 1.165) is 17.9 Å². The summed E-state index contributed by atoms with van der Waals surface area (Å²) in [6.45, 7) is 0. The molecule has 0 aliphatic carbocycles. The lowest BCUT2D eigenvalue weighted by atomic mass is 10.2. The van der Waals surface area contributed by atoms with Gasteiger partial charge in [0.1, 0.15) is 5.69 Å². The van der Waals surface area contributed by atoms with Crippen molar-refractivity contribution in [3.63, 3.8) is 0 Å². The van der Waals surface area contributed by atoms with Gasteiger partial charge in [-0.3, -0.25) is 10.6 Å². The van der Waals surface area contributed by atoms with Crippen molar-refractivity contribution in [3.05, 3.63) is 24.0 Å². The van der Waals surface area contributed by atoms with Crippen molar-refractivity contribution in [1.82, 2.24) is 9.88 Å². The largest absolute Gasteiger partial charge is 0.337 e. The Morgan fingerprint density at radius 1 is 1.65 bits per heavy atom. The van der Waals surface area contributed by atoms with E-state index in [2.05, 4.69) is 10.4 Å². The summed E-state index contributed by atoms with van der Waals surface area (Å²) >= 11 is 1.89.